The molecule has 5 rings (SSSR count). The summed E-state index contributed by atoms with van der Waals surface area (Å²) in [7, 11) is -4.42. The quantitative estimate of drug-likeness (QED) is 0.163. The number of amides is 2. The van der Waals surface area contributed by atoms with Crippen LogP contribution in [0.3, 0.4) is 0 Å². The summed E-state index contributed by atoms with van der Waals surface area (Å²) >= 11 is 6.14. The minimum absolute atomic E-state index is 0.00394. The molecule has 4 aromatic rings. The van der Waals surface area contributed by atoms with Crippen LogP contribution in [0.25, 0.3) is 0 Å². The van der Waals surface area contributed by atoms with Gasteiger partial charge in [0.2, 0.25) is 11.8 Å². The molecule has 0 radical (unpaired) electrons. The van der Waals surface area contributed by atoms with E-state index in [0.29, 0.717) is 29.5 Å². The topological polar surface area (TPSA) is 105 Å². The zero-order chi connectivity index (χ0) is 34.1. The van der Waals surface area contributed by atoms with Crippen LogP contribution in [-0.2, 0) is 32.6 Å². The van der Waals surface area contributed by atoms with E-state index >= 15 is 0 Å². The Balaban J connectivity index is 1.56. The van der Waals surface area contributed by atoms with Gasteiger partial charge in [-0.3, -0.25) is 13.9 Å². The van der Waals surface area contributed by atoms with Gasteiger partial charge in [0.25, 0.3) is 10.0 Å². The molecule has 9 nitrogen and oxygen atoms in total. The molecule has 0 aromatic heterocycles. The number of halogens is 2. The lowest BCUT2D eigenvalue weighted by molar-refractivity contribution is -0.140. The van der Waals surface area contributed by atoms with Crippen molar-refractivity contribution < 1.29 is 31.9 Å². The Kier molecular flexibility index (Phi) is 11.6. The number of nitrogens with one attached hydrogen (secondary N) is 1. The fourth-order valence-electron chi connectivity index (χ4n) is 5.29. The summed E-state index contributed by atoms with van der Waals surface area (Å²) in [6, 6.07) is 24.2. The van der Waals surface area contributed by atoms with E-state index in [1.165, 1.54) is 35.2 Å². The molecule has 0 bridgehead atoms. The van der Waals surface area contributed by atoms with Gasteiger partial charge in [0.15, 0.2) is 11.5 Å². The highest BCUT2D eigenvalue weighted by atomic mass is 35.5. The molecule has 252 valence electrons. The monoisotopic (exact) mass is 693 g/mol. The second-order valence-corrected chi connectivity index (χ2v) is 13.6. The Labute approximate surface area is 285 Å². The molecular formula is C36H37ClFN3O6S. The van der Waals surface area contributed by atoms with Gasteiger partial charge in [-0.25, -0.2) is 12.8 Å². The van der Waals surface area contributed by atoms with Crippen LogP contribution in [0.5, 0.6) is 11.5 Å². The smallest absolute Gasteiger partial charge is 0.264 e. The largest absolute Gasteiger partial charge is 0.486 e. The number of carbonyl (C=O) groups is 2. The third kappa shape index (κ3) is 8.64. The number of sulfonamides is 1. The van der Waals surface area contributed by atoms with Crippen LogP contribution in [0.15, 0.2) is 102 Å². The van der Waals surface area contributed by atoms with Crippen molar-refractivity contribution >= 4 is 39.1 Å². The zero-order valence-corrected chi connectivity index (χ0v) is 28.1. The molecule has 1 aliphatic heterocycles. The van der Waals surface area contributed by atoms with Crippen molar-refractivity contribution in [1.29, 1.82) is 0 Å². The van der Waals surface area contributed by atoms with E-state index in [1.54, 1.807) is 24.3 Å². The van der Waals surface area contributed by atoms with E-state index < -0.39 is 34.3 Å². The standard InChI is InChI=1S/C36H37ClFN3O6S/c1-2-3-19-39-36(43)32(22-26-7-5-4-6-8-26)40(24-27-9-11-28(37)12-10-27)35(42)25-41(30-15-13-29(38)14-16-30)48(44,45)31-17-18-33-34(23-31)47-21-20-46-33/h4-18,23,32H,2-3,19-22,24-25H2,1H3,(H,39,43)/t32-/m0/s1. The van der Waals surface area contributed by atoms with E-state index in [9.17, 15) is 22.4 Å². The van der Waals surface area contributed by atoms with E-state index in [4.69, 9.17) is 21.1 Å². The number of carbonyl (C=O) groups excluding carboxylic acids is 2. The van der Waals surface area contributed by atoms with E-state index in [2.05, 4.69) is 5.32 Å². The fraction of sp³-hybridized carbons (Fsp3) is 0.278. The number of hydrogen-bond donors (Lipinski definition) is 1. The molecule has 1 atom stereocenters. The zero-order valence-electron chi connectivity index (χ0n) is 26.5. The summed E-state index contributed by atoms with van der Waals surface area (Å²) in [5.74, 6) is -0.919. The predicted molar refractivity (Wildman–Crippen MR) is 182 cm³/mol. The average Bonchev–Trinajstić information content (AvgIpc) is 3.10. The van der Waals surface area contributed by atoms with Crippen LogP contribution >= 0.6 is 11.6 Å². The van der Waals surface area contributed by atoms with Gasteiger partial charge in [0, 0.05) is 30.6 Å². The highest BCUT2D eigenvalue weighted by molar-refractivity contribution is 7.92. The minimum Gasteiger partial charge on any atom is -0.486 e. The number of unbranched alkanes of at least 4 members (excludes halogenated alkanes) is 1. The van der Waals surface area contributed by atoms with Crippen molar-refractivity contribution in [2.75, 3.05) is 30.6 Å². The highest BCUT2D eigenvalue weighted by Gasteiger charge is 2.35. The van der Waals surface area contributed by atoms with Crippen LogP contribution in [0.1, 0.15) is 30.9 Å². The molecule has 1 heterocycles. The first-order chi connectivity index (χ1) is 23.2. The SMILES string of the molecule is CCCCNC(=O)[C@H](Cc1ccccc1)N(Cc1ccc(Cl)cc1)C(=O)CN(c1ccc(F)cc1)S(=O)(=O)c1ccc2c(c1)OCCO2. The normalized spacial score (nSPS) is 13.0. The number of benzene rings is 4. The molecule has 0 aliphatic carbocycles. The van der Waals surface area contributed by atoms with E-state index in [0.717, 1.165) is 34.8 Å². The summed E-state index contributed by atoms with van der Waals surface area (Å²) in [5, 5.41) is 3.46. The second kappa shape index (κ2) is 16.0. The summed E-state index contributed by atoms with van der Waals surface area (Å²) in [5.41, 5.74) is 1.58. The first-order valence-corrected chi connectivity index (χ1v) is 17.5. The molecule has 1 aliphatic rings. The molecular weight excluding hydrogens is 657 g/mol. The number of nitrogens with zero attached hydrogens (tertiary/aromatic N) is 2. The molecule has 4 aromatic carbocycles. The molecule has 0 fully saturated rings. The van der Waals surface area contributed by atoms with Crippen LogP contribution in [0.4, 0.5) is 10.1 Å². The van der Waals surface area contributed by atoms with Gasteiger partial charge in [0.05, 0.1) is 10.6 Å². The maximum atomic E-state index is 14.5. The van der Waals surface area contributed by atoms with Crippen molar-refractivity contribution in [2.45, 2.75) is 43.7 Å². The van der Waals surface area contributed by atoms with Crippen LogP contribution in [-0.4, -0.2) is 57.5 Å². The molecule has 48 heavy (non-hydrogen) atoms. The Hall–Kier alpha value is -4.61. The number of rotatable bonds is 14. The van der Waals surface area contributed by atoms with E-state index in [-0.39, 0.29) is 41.8 Å². The Morgan fingerprint density at radius 3 is 2.27 bits per heavy atom. The van der Waals surface area contributed by atoms with Gasteiger partial charge in [-0.05, 0) is 66.1 Å². The van der Waals surface area contributed by atoms with Crippen LogP contribution in [0.2, 0.25) is 5.02 Å². The number of hydrogen-bond acceptors (Lipinski definition) is 6. The van der Waals surface area contributed by atoms with Crippen molar-refractivity contribution in [2.24, 2.45) is 0 Å². The van der Waals surface area contributed by atoms with Crippen LogP contribution in [0, 0.1) is 5.82 Å². The predicted octanol–water partition coefficient (Wildman–Crippen LogP) is 6.00. The third-order valence-electron chi connectivity index (χ3n) is 7.86. The number of fused-ring (bicyclic) bond motifs is 1. The number of ether oxygens (including phenoxy) is 2. The van der Waals surface area contributed by atoms with Gasteiger partial charge >= 0.3 is 0 Å². The lowest BCUT2D eigenvalue weighted by Gasteiger charge is -2.34. The Bertz CT molecular complexity index is 1810. The first kappa shape index (κ1) is 34.7. The molecule has 2 amide bonds. The fourth-order valence-corrected chi connectivity index (χ4v) is 6.85. The van der Waals surface area contributed by atoms with Gasteiger partial charge in [-0.15, -0.1) is 0 Å². The maximum Gasteiger partial charge on any atom is 0.264 e. The average molecular weight is 694 g/mol. The molecule has 12 heteroatoms. The maximum absolute atomic E-state index is 14.5. The summed E-state index contributed by atoms with van der Waals surface area (Å²) in [6.07, 6.45) is 1.80. The van der Waals surface area contributed by atoms with Gasteiger partial charge in [-0.1, -0.05) is 67.4 Å². The molecule has 0 spiro atoms. The number of anilines is 1. The van der Waals surface area contributed by atoms with Gasteiger partial charge < -0.3 is 19.7 Å². The summed E-state index contributed by atoms with van der Waals surface area (Å²) in [6.45, 7) is 2.33. The molecule has 1 N–H and O–H groups in total. The van der Waals surface area contributed by atoms with Gasteiger partial charge in [-0.2, -0.15) is 0 Å². The van der Waals surface area contributed by atoms with Crippen LogP contribution < -0.4 is 19.1 Å². The third-order valence-corrected chi connectivity index (χ3v) is 9.88. The lowest BCUT2D eigenvalue weighted by atomic mass is 10.0. The Morgan fingerprint density at radius 1 is 0.896 bits per heavy atom. The van der Waals surface area contributed by atoms with Crippen molar-refractivity contribution in [3.8, 4) is 11.5 Å². The van der Waals surface area contributed by atoms with Crippen molar-refractivity contribution in [3.63, 3.8) is 0 Å². The highest BCUT2D eigenvalue weighted by Crippen LogP contribution is 2.34. The lowest BCUT2D eigenvalue weighted by Crippen LogP contribution is -2.53. The summed E-state index contributed by atoms with van der Waals surface area (Å²) in [4.78, 5) is 29.6. The molecule has 0 saturated heterocycles. The van der Waals surface area contributed by atoms with Crippen molar-refractivity contribution in [1.82, 2.24) is 10.2 Å². The Morgan fingerprint density at radius 2 is 1.58 bits per heavy atom. The van der Waals surface area contributed by atoms with E-state index in [1.807, 2.05) is 37.3 Å². The van der Waals surface area contributed by atoms with Crippen molar-refractivity contribution in [3.05, 3.63) is 119 Å². The van der Waals surface area contributed by atoms with Gasteiger partial charge in [0.1, 0.15) is 31.6 Å². The minimum atomic E-state index is -4.42. The first-order valence-electron chi connectivity index (χ1n) is 15.7. The molecule has 0 saturated carbocycles. The summed E-state index contributed by atoms with van der Waals surface area (Å²) < 4.78 is 54.7. The second-order valence-electron chi connectivity index (χ2n) is 11.3. The molecule has 0 unspecified atom stereocenters.